The van der Waals surface area contributed by atoms with Crippen LogP contribution in [0, 0.1) is 11.8 Å². The lowest BCUT2D eigenvalue weighted by Gasteiger charge is -2.36. The van der Waals surface area contributed by atoms with Gasteiger partial charge in [0, 0.05) is 33.1 Å². The van der Waals surface area contributed by atoms with Crippen LogP contribution in [-0.4, -0.2) is 64.5 Å². The van der Waals surface area contributed by atoms with Crippen LogP contribution in [0.3, 0.4) is 0 Å². The van der Waals surface area contributed by atoms with E-state index in [-0.39, 0.29) is 24.8 Å². The first-order chi connectivity index (χ1) is 12.3. The smallest absolute Gasteiger partial charge is 0.246 e. The van der Waals surface area contributed by atoms with E-state index in [4.69, 9.17) is 4.52 Å². The number of aromatic nitrogens is 2. The highest BCUT2D eigenvalue weighted by molar-refractivity contribution is 5.88. The number of amides is 2. The lowest BCUT2D eigenvalue weighted by Crippen LogP contribution is -2.57. The number of hydrogen-bond donors (Lipinski definition) is 1. The number of nitrogens with one attached hydrogen (secondary N) is 1. The third-order valence-corrected chi connectivity index (χ3v) is 4.31. The summed E-state index contributed by atoms with van der Waals surface area (Å²) in [4.78, 5) is 32.8. The van der Waals surface area contributed by atoms with Gasteiger partial charge in [-0.3, -0.25) is 14.5 Å². The molecule has 1 unspecified atom stereocenters. The summed E-state index contributed by atoms with van der Waals surface area (Å²) in [5.41, 5.74) is 0. The van der Waals surface area contributed by atoms with E-state index < -0.39 is 6.04 Å². The molecule has 0 saturated carbocycles. The largest absolute Gasteiger partial charge is 0.353 e. The topological polar surface area (TPSA) is 91.6 Å². The van der Waals surface area contributed by atoms with Crippen molar-refractivity contribution < 1.29 is 14.1 Å². The Bertz CT molecular complexity index is 614. The first-order valence-corrected chi connectivity index (χ1v) is 9.33. The number of piperazine rings is 1. The molecule has 1 atom stereocenters. The maximum Gasteiger partial charge on any atom is 0.246 e. The van der Waals surface area contributed by atoms with Gasteiger partial charge in [0.25, 0.3) is 0 Å². The fourth-order valence-corrected chi connectivity index (χ4v) is 3.09. The van der Waals surface area contributed by atoms with Crippen molar-refractivity contribution in [1.29, 1.82) is 0 Å². The molecule has 1 N–H and O–H groups in total. The van der Waals surface area contributed by atoms with Crippen LogP contribution in [0.4, 0.5) is 0 Å². The summed E-state index contributed by atoms with van der Waals surface area (Å²) < 4.78 is 5.23. The Labute approximate surface area is 155 Å². The minimum Gasteiger partial charge on any atom is -0.353 e. The summed E-state index contributed by atoms with van der Waals surface area (Å²) >= 11 is 0. The maximum absolute atomic E-state index is 12.6. The zero-order valence-electron chi connectivity index (χ0n) is 16.5. The number of hydrogen-bond acceptors (Lipinski definition) is 6. The van der Waals surface area contributed by atoms with Gasteiger partial charge >= 0.3 is 0 Å². The summed E-state index contributed by atoms with van der Waals surface area (Å²) in [5, 5.41) is 6.80. The van der Waals surface area contributed by atoms with Gasteiger partial charge in [-0.2, -0.15) is 4.98 Å². The number of nitrogens with zero attached hydrogens (tertiary/aromatic N) is 4. The van der Waals surface area contributed by atoms with E-state index in [1.165, 1.54) is 0 Å². The molecule has 8 nitrogen and oxygen atoms in total. The van der Waals surface area contributed by atoms with Crippen LogP contribution in [-0.2, 0) is 22.6 Å². The summed E-state index contributed by atoms with van der Waals surface area (Å²) in [6.07, 6.45) is 0.898. The second-order valence-corrected chi connectivity index (χ2v) is 7.85. The van der Waals surface area contributed by atoms with Gasteiger partial charge in [-0.1, -0.05) is 32.9 Å². The van der Waals surface area contributed by atoms with Gasteiger partial charge in [0.15, 0.2) is 5.82 Å². The minimum atomic E-state index is -0.416. The molecule has 1 fully saturated rings. The van der Waals surface area contributed by atoms with E-state index in [1.54, 1.807) is 11.9 Å². The minimum absolute atomic E-state index is 0.0735. The Hall–Kier alpha value is -1.96. The zero-order chi connectivity index (χ0) is 19.3. The molecule has 0 bridgehead atoms. The van der Waals surface area contributed by atoms with E-state index in [9.17, 15) is 9.59 Å². The van der Waals surface area contributed by atoms with Crippen LogP contribution in [0.5, 0.6) is 0 Å². The Morgan fingerprint density at radius 1 is 1.35 bits per heavy atom. The van der Waals surface area contributed by atoms with Gasteiger partial charge < -0.3 is 14.7 Å². The van der Waals surface area contributed by atoms with Gasteiger partial charge in [0.1, 0.15) is 0 Å². The fourth-order valence-electron chi connectivity index (χ4n) is 3.09. The molecule has 2 rings (SSSR count). The van der Waals surface area contributed by atoms with Crippen molar-refractivity contribution in [3.05, 3.63) is 11.7 Å². The molecule has 0 spiro atoms. The average Bonchev–Trinajstić information content (AvgIpc) is 2.96. The third-order valence-electron chi connectivity index (χ3n) is 4.31. The van der Waals surface area contributed by atoms with Gasteiger partial charge in [-0.25, -0.2) is 0 Å². The van der Waals surface area contributed by atoms with Gasteiger partial charge in [0.05, 0.1) is 19.0 Å². The molecule has 1 aliphatic rings. The number of rotatable bonds is 8. The first kappa shape index (κ1) is 20.4. The molecule has 146 valence electrons. The molecule has 0 radical (unpaired) electrons. The van der Waals surface area contributed by atoms with Gasteiger partial charge in [-0.15, -0.1) is 0 Å². The first-order valence-electron chi connectivity index (χ1n) is 9.33. The van der Waals surface area contributed by atoms with E-state index in [2.05, 4.69) is 48.1 Å². The third kappa shape index (κ3) is 5.79. The van der Waals surface area contributed by atoms with Crippen LogP contribution >= 0.6 is 0 Å². The van der Waals surface area contributed by atoms with E-state index in [0.29, 0.717) is 30.1 Å². The second-order valence-electron chi connectivity index (χ2n) is 7.85. The molecular weight excluding hydrogens is 334 g/mol. The van der Waals surface area contributed by atoms with Gasteiger partial charge in [0.2, 0.25) is 17.7 Å². The number of carbonyl (C=O) groups excluding carboxylic acids is 2. The highest BCUT2D eigenvalue weighted by atomic mass is 16.5. The van der Waals surface area contributed by atoms with Crippen LogP contribution in [0.15, 0.2) is 4.52 Å². The highest BCUT2D eigenvalue weighted by Gasteiger charge is 2.32. The van der Waals surface area contributed by atoms with E-state index in [0.717, 1.165) is 19.5 Å². The SMILES string of the molecule is CC(C)Cc1noc(CN(C)C(=O)CC2C(=O)NCCN2CC(C)C)n1. The molecule has 0 aliphatic carbocycles. The predicted molar refractivity (Wildman–Crippen MR) is 97.1 cm³/mol. The average molecular weight is 365 g/mol. The van der Waals surface area contributed by atoms with Crippen LogP contribution < -0.4 is 5.32 Å². The van der Waals surface area contributed by atoms with Crippen molar-refractivity contribution in [1.82, 2.24) is 25.3 Å². The molecule has 1 aromatic heterocycles. The molecule has 26 heavy (non-hydrogen) atoms. The summed E-state index contributed by atoms with van der Waals surface area (Å²) in [6.45, 7) is 10.9. The lowest BCUT2D eigenvalue weighted by molar-refractivity contribution is -0.138. The normalized spacial score (nSPS) is 18.4. The molecular formula is C18H31N5O3. The summed E-state index contributed by atoms with van der Waals surface area (Å²) in [7, 11) is 1.70. The van der Waals surface area contributed by atoms with Crippen LogP contribution in [0.2, 0.25) is 0 Å². The standard InChI is InChI=1S/C18H31N5O3/c1-12(2)8-15-20-16(26-21-15)11-22(5)17(24)9-14-18(25)19-6-7-23(14)10-13(3)4/h12-14H,6-11H2,1-5H3,(H,19,25). The fraction of sp³-hybridized carbons (Fsp3) is 0.778. The van der Waals surface area contributed by atoms with Crippen molar-refractivity contribution in [3.63, 3.8) is 0 Å². The van der Waals surface area contributed by atoms with Crippen molar-refractivity contribution >= 4 is 11.8 Å². The molecule has 1 saturated heterocycles. The van der Waals surface area contributed by atoms with E-state index >= 15 is 0 Å². The molecule has 8 heteroatoms. The van der Waals surface area contributed by atoms with E-state index in [1.807, 2.05) is 0 Å². The lowest BCUT2D eigenvalue weighted by atomic mass is 10.1. The Kier molecular flexibility index (Phi) is 7.14. The van der Waals surface area contributed by atoms with Crippen molar-refractivity contribution in [3.8, 4) is 0 Å². The molecule has 2 amide bonds. The monoisotopic (exact) mass is 365 g/mol. The Morgan fingerprint density at radius 3 is 2.73 bits per heavy atom. The van der Waals surface area contributed by atoms with Crippen molar-refractivity contribution in [2.75, 3.05) is 26.7 Å². The summed E-state index contributed by atoms with van der Waals surface area (Å²) in [6, 6.07) is -0.416. The van der Waals surface area contributed by atoms with Crippen molar-refractivity contribution in [2.24, 2.45) is 11.8 Å². The predicted octanol–water partition coefficient (Wildman–Crippen LogP) is 1.07. The van der Waals surface area contributed by atoms with Gasteiger partial charge in [-0.05, 0) is 11.8 Å². The Balaban J connectivity index is 1.94. The highest BCUT2D eigenvalue weighted by Crippen LogP contribution is 2.14. The second kappa shape index (κ2) is 9.12. The molecule has 0 aromatic carbocycles. The Morgan fingerprint density at radius 2 is 2.08 bits per heavy atom. The maximum atomic E-state index is 12.6. The van der Waals surface area contributed by atoms with Crippen molar-refractivity contribution in [2.45, 2.75) is 53.1 Å². The summed E-state index contributed by atoms with van der Waals surface area (Å²) in [5.74, 6) is 1.78. The molecule has 1 aromatic rings. The zero-order valence-corrected chi connectivity index (χ0v) is 16.5. The molecule has 1 aliphatic heterocycles. The van der Waals surface area contributed by atoms with Crippen LogP contribution in [0.25, 0.3) is 0 Å². The number of carbonyl (C=O) groups is 2. The van der Waals surface area contributed by atoms with Crippen LogP contribution in [0.1, 0.15) is 45.8 Å². The molecule has 2 heterocycles. The quantitative estimate of drug-likeness (QED) is 0.741.